The summed E-state index contributed by atoms with van der Waals surface area (Å²) in [4.78, 5) is 11.7. The van der Waals surface area contributed by atoms with Gasteiger partial charge in [-0.1, -0.05) is 43.3 Å². The Morgan fingerprint density at radius 3 is 2.90 bits per heavy atom. The van der Waals surface area contributed by atoms with Gasteiger partial charge >= 0.3 is 5.97 Å². The number of hydrogen-bond acceptors (Lipinski definition) is 3. The second-order valence-electron chi connectivity index (χ2n) is 5.84. The molecule has 1 aliphatic heterocycles. The summed E-state index contributed by atoms with van der Waals surface area (Å²) in [6.07, 6.45) is 4.15. The number of esters is 1. The lowest BCUT2D eigenvalue weighted by atomic mass is 9.87. The van der Waals surface area contributed by atoms with Crippen LogP contribution in [0.1, 0.15) is 31.7 Å². The van der Waals surface area contributed by atoms with Crippen LogP contribution >= 0.6 is 0 Å². The lowest BCUT2D eigenvalue weighted by Crippen LogP contribution is -2.35. The highest BCUT2D eigenvalue weighted by Gasteiger charge is 2.31. The van der Waals surface area contributed by atoms with Crippen molar-refractivity contribution >= 4 is 5.97 Å². The van der Waals surface area contributed by atoms with Gasteiger partial charge < -0.3 is 9.47 Å². The molecule has 3 heteroatoms. The second-order valence-corrected chi connectivity index (χ2v) is 5.84. The van der Waals surface area contributed by atoms with Crippen molar-refractivity contribution in [1.82, 2.24) is 0 Å². The molecule has 1 aromatic rings. The van der Waals surface area contributed by atoms with Crippen molar-refractivity contribution in [1.29, 1.82) is 0 Å². The van der Waals surface area contributed by atoms with Crippen LogP contribution in [0.4, 0.5) is 0 Å². The molecule has 1 fully saturated rings. The lowest BCUT2D eigenvalue weighted by Gasteiger charge is -2.32. The van der Waals surface area contributed by atoms with Crippen LogP contribution in [0.15, 0.2) is 43.0 Å². The summed E-state index contributed by atoms with van der Waals surface area (Å²) in [5.41, 5.74) is 1.16. The smallest absolute Gasteiger partial charge is 0.306 e. The fourth-order valence-corrected chi connectivity index (χ4v) is 2.72. The largest absolute Gasteiger partial charge is 0.462 e. The van der Waals surface area contributed by atoms with Crippen LogP contribution in [0.2, 0.25) is 0 Å². The van der Waals surface area contributed by atoms with Gasteiger partial charge in [0, 0.05) is 12.3 Å². The average molecular weight is 288 g/mol. The van der Waals surface area contributed by atoms with Crippen molar-refractivity contribution in [2.24, 2.45) is 11.8 Å². The molecule has 0 aliphatic carbocycles. The third-order valence-corrected chi connectivity index (χ3v) is 3.93. The van der Waals surface area contributed by atoms with E-state index >= 15 is 0 Å². The number of benzene rings is 1. The van der Waals surface area contributed by atoms with E-state index in [4.69, 9.17) is 9.47 Å². The highest BCUT2D eigenvalue weighted by molar-refractivity contribution is 5.70. The zero-order valence-electron chi connectivity index (χ0n) is 12.7. The molecule has 1 aliphatic rings. The van der Waals surface area contributed by atoms with Gasteiger partial charge in [-0.15, -0.1) is 6.58 Å². The maximum atomic E-state index is 11.7. The van der Waals surface area contributed by atoms with Crippen molar-refractivity contribution in [3.8, 4) is 0 Å². The second kappa shape index (κ2) is 7.99. The fraction of sp³-hybridized carbons (Fsp3) is 0.500. The number of cyclic esters (lactones) is 1. The molecule has 2 rings (SSSR count). The molecule has 3 nitrogen and oxygen atoms in total. The molecule has 0 saturated carbocycles. The molecule has 21 heavy (non-hydrogen) atoms. The highest BCUT2D eigenvalue weighted by Crippen LogP contribution is 2.28. The van der Waals surface area contributed by atoms with Crippen LogP contribution in [0.5, 0.6) is 0 Å². The Balaban J connectivity index is 1.78. The molecule has 114 valence electrons. The summed E-state index contributed by atoms with van der Waals surface area (Å²) in [6.45, 7) is 7.04. The van der Waals surface area contributed by atoms with E-state index < -0.39 is 0 Å². The molecule has 0 unspecified atom stereocenters. The molecule has 0 radical (unpaired) electrons. The summed E-state index contributed by atoms with van der Waals surface area (Å²) in [5, 5.41) is 0. The SMILES string of the molecule is C=CC[C@H]1CC(=O)O[C@@H]([C@H](C)COCc2ccccc2)C1. The van der Waals surface area contributed by atoms with Crippen LogP contribution < -0.4 is 0 Å². The third kappa shape index (κ3) is 5.01. The molecular formula is C18H24O3. The van der Waals surface area contributed by atoms with Gasteiger partial charge in [0.05, 0.1) is 13.2 Å². The molecule has 0 bridgehead atoms. The molecular weight excluding hydrogens is 264 g/mol. The van der Waals surface area contributed by atoms with E-state index in [1.165, 1.54) is 0 Å². The first-order valence-corrected chi connectivity index (χ1v) is 7.61. The summed E-state index contributed by atoms with van der Waals surface area (Å²) in [6, 6.07) is 10.1. The van der Waals surface area contributed by atoms with Crippen molar-refractivity contribution in [2.45, 2.75) is 38.9 Å². The van der Waals surface area contributed by atoms with E-state index in [9.17, 15) is 4.79 Å². The van der Waals surface area contributed by atoms with Crippen LogP contribution in [0, 0.1) is 11.8 Å². The standard InChI is InChI=1S/C18H24O3/c1-3-7-16-10-17(21-18(19)11-16)14(2)12-20-13-15-8-5-4-6-9-15/h3-6,8-9,14,16-17H,1,7,10-13H2,2H3/t14-,16-,17-/m1/s1. The minimum absolute atomic E-state index is 0.0352. The van der Waals surface area contributed by atoms with Gasteiger partial charge in [0.2, 0.25) is 0 Å². The van der Waals surface area contributed by atoms with E-state index in [1.807, 2.05) is 36.4 Å². The van der Waals surface area contributed by atoms with Gasteiger partial charge in [-0.05, 0) is 24.3 Å². The van der Waals surface area contributed by atoms with Crippen LogP contribution in [-0.2, 0) is 20.9 Å². The Morgan fingerprint density at radius 2 is 2.19 bits per heavy atom. The summed E-state index contributed by atoms with van der Waals surface area (Å²) in [5.74, 6) is 0.489. The number of allylic oxidation sites excluding steroid dienone is 1. The molecule has 0 amide bonds. The number of carbonyl (C=O) groups excluding carboxylic acids is 1. The zero-order chi connectivity index (χ0) is 15.1. The number of hydrogen-bond donors (Lipinski definition) is 0. The first kappa shape index (κ1) is 15.8. The van der Waals surface area contributed by atoms with Gasteiger partial charge in [0.25, 0.3) is 0 Å². The lowest BCUT2D eigenvalue weighted by molar-refractivity contribution is -0.161. The molecule has 1 aromatic carbocycles. The first-order chi connectivity index (χ1) is 10.2. The Labute approximate surface area is 127 Å². The predicted molar refractivity (Wildman–Crippen MR) is 82.7 cm³/mol. The number of rotatable bonds is 7. The van der Waals surface area contributed by atoms with Crippen molar-refractivity contribution in [3.63, 3.8) is 0 Å². The fourth-order valence-electron chi connectivity index (χ4n) is 2.72. The Bertz CT molecular complexity index is 455. The van der Waals surface area contributed by atoms with Crippen molar-refractivity contribution < 1.29 is 14.3 Å². The number of ether oxygens (including phenoxy) is 2. The highest BCUT2D eigenvalue weighted by atomic mass is 16.5. The van der Waals surface area contributed by atoms with Crippen LogP contribution in [0.3, 0.4) is 0 Å². The molecule has 0 spiro atoms. The third-order valence-electron chi connectivity index (χ3n) is 3.93. The summed E-state index contributed by atoms with van der Waals surface area (Å²) >= 11 is 0. The Hall–Kier alpha value is -1.61. The van der Waals surface area contributed by atoms with Gasteiger partial charge in [-0.2, -0.15) is 0 Å². The minimum atomic E-state index is -0.0898. The number of carbonyl (C=O) groups is 1. The molecule has 3 atom stereocenters. The predicted octanol–water partition coefficient (Wildman–Crippen LogP) is 3.74. The zero-order valence-corrected chi connectivity index (χ0v) is 12.7. The normalized spacial score (nSPS) is 23.4. The van der Waals surface area contributed by atoms with Gasteiger partial charge in [0.15, 0.2) is 0 Å². The maximum Gasteiger partial charge on any atom is 0.306 e. The van der Waals surface area contributed by atoms with Crippen molar-refractivity contribution in [2.75, 3.05) is 6.61 Å². The summed E-state index contributed by atoms with van der Waals surface area (Å²) < 4.78 is 11.2. The molecule has 1 heterocycles. The van der Waals surface area contributed by atoms with Crippen LogP contribution in [0.25, 0.3) is 0 Å². The quantitative estimate of drug-likeness (QED) is 0.566. The van der Waals surface area contributed by atoms with Gasteiger partial charge in [0.1, 0.15) is 6.10 Å². The van der Waals surface area contributed by atoms with E-state index in [0.29, 0.717) is 25.6 Å². The van der Waals surface area contributed by atoms with E-state index in [-0.39, 0.29) is 18.0 Å². The van der Waals surface area contributed by atoms with E-state index in [2.05, 4.69) is 13.5 Å². The van der Waals surface area contributed by atoms with Gasteiger partial charge in [-0.25, -0.2) is 0 Å². The molecule has 0 N–H and O–H groups in total. The topological polar surface area (TPSA) is 35.5 Å². The first-order valence-electron chi connectivity index (χ1n) is 7.61. The minimum Gasteiger partial charge on any atom is -0.462 e. The van der Waals surface area contributed by atoms with E-state index in [1.54, 1.807) is 0 Å². The van der Waals surface area contributed by atoms with Crippen LogP contribution in [-0.4, -0.2) is 18.7 Å². The van der Waals surface area contributed by atoms with Gasteiger partial charge in [-0.3, -0.25) is 4.79 Å². The van der Waals surface area contributed by atoms with E-state index in [0.717, 1.165) is 18.4 Å². The van der Waals surface area contributed by atoms with Crippen molar-refractivity contribution in [3.05, 3.63) is 48.6 Å². The average Bonchev–Trinajstić information content (AvgIpc) is 2.48. The monoisotopic (exact) mass is 288 g/mol. The molecule has 0 aromatic heterocycles. The maximum absolute atomic E-state index is 11.7. The summed E-state index contributed by atoms with van der Waals surface area (Å²) in [7, 11) is 0. The Morgan fingerprint density at radius 1 is 1.43 bits per heavy atom. The molecule has 1 saturated heterocycles. The Kier molecular flexibility index (Phi) is 6.00.